The van der Waals surface area contributed by atoms with E-state index < -0.39 is 0 Å². The average molecular weight is 253 g/mol. The van der Waals surface area contributed by atoms with E-state index in [9.17, 15) is 0 Å². The first-order chi connectivity index (χ1) is 8.67. The van der Waals surface area contributed by atoms with Crippen LogP contribution in [-0.2, 0) is 0 Å². The molecule has 18 heavy (non-hydrogen) atoms. The molecule has 1 aliphatic rings. The minimum atomic E-state index is 0.471. The van der Waals surface area contributed by atoms with Gasteiger partial charge in [0.25, 0.3) is 0 Å². The molecule has 0 bridgehead atoms. The summed E-state index contributed by atoms with van der Waals surface area (Å²) in [6.07, 6.45) is 13.8. The van der Waals surface area contributed by atoms with E-state index in [1.54, 1.807) is 0 Å². The summed E-state index contributed by atoms with van der Waals surface area (Å²) in [5, 5.41) is 0. The van der Waals surface area contributed by atoms with Crippen molar-refractivity contribution in [2.75, 3.05) is 0 Å². The molecule has 1 fully saturated rings. The van der Waals surface area contributed by atoms with Gasteiger partial charge in [-0.25, -0.2) is 0 Å². The van der Waals surface area contributed by atoms with Crippen LogP contribution in [0.3, 0.4) is 0 Å². The molecule has 0 aliphatic heterocycles. The molecule has 0 saturated heterocycles. The summed E-state index contributed by atoms with van der Waals surface area (Å²) in [6, 6.07) is 0.471. The SMILES string of the molecule is CCCCC1CCC(C(N)CC(C)CCC)CC1. The maximum Gasteiger partial charge on any atom is 0.00697 e. The van der Waals surface area contributed by atoms with E-state index in [-0.39, 0.29) is 0 Å². The Bertz CT molecular complexity index is 194. The van der Waals surface area contributed by atoms with Gasteiger partial charge in [0.05, 0.1) is 0 Å². The van der Waals surface area contributed by atoms with E-state index in [2.05, 4.69) is 20.8 Å². The largest absolute Gasteiger partial charge is 0.327 e. The minimum Gasteiger partial charge on any atom is -0.327 e. The molecule has 1 rings (SSSR count). The summed E-state index contributed by atoms with van der Waals surface area (Å²) < 4.78 is 0. The van der Waals surface area contributed by atoms with Crippen molar-refractivity contribution in [3.05, 3.63) is 0 Å². The Morgan fingerprint density at radius 3 is 2.28 bits per heavy atom. The van der Waals surface area contributed by atoms with Gasteiger partial charge in [-0.05, 0) is 37.0 Å². The molecule has 0 spiro atoms. The van der Waals surface area contributed by atoms with E-state index in [0.29, 0.717) is 6.04 Å². The van der Waals surface area contributed by atoms with Crippen LogP contribution < -0.4 is 5.73 Å². The van der Waals surface area contributed by atoms with Gasteiger partial charge in [-0.15, -0.1) is 0 Å². The highest BCUT2D eigenvalue weighted by Crippen LogP contribution is 2.34. The van der Waals surface area contributed by atoms with Crippen LogP contribution >= 0.6 is 0 Å². The number of hydrogen-bond donors (Lipinski definition) is 1. The van der Waals surface area contributed by atoms with Gasteiger partial charge in [-0.3, -0.25) is 0 Å². The fraction of sp³-hybridized carbons (Fsp3) is 1.00. The van der Waals surface area contributed by atoms with Crippen LogP contribution in [0.15, 0.2) is 0 Å². The van der Waals surface area contributed by atoms with Crippen LogP contribution in [0.25, 0.3) is 0 Å². The molecule has 2 atom stereocenters. The third kappa shape index (κ3) is 5.73. The molecular formula is C17H35N. The molecular weight excluding hydrogens is 218 g/mol. The summed E-state index contributed by atoms with van der Waals surface area (Å²) >= 11 is 0. The number of rotatable bonds is 8. The molecule has 1 heteroatoms. The zero-order valence-electron chi connectivity index (χ0n) is 13.0. The smallest absolute Gasteiger partial charge is 0.00697 e. The number of nitrogens with two attached hydrogens (primary N) is 1. The fourth-order valence-corrected chi connectivity index (χ4v) is 3.67. The zero-order valence-corrected chi connectivity index (χ0v) is 13.0. The van der Waals surface area contributed by atoms with Gasteiger partial charge in [0.15, 0.2) is 0 Å². The molecule has 1 saturated carbocycles. The van der Waals surface area contributed by atoms with E-state index in [1.807, 2.05) is 0 Å². The molecule has 0 amide bonds. The summed E-state index contributed by atoms with van der Waals surface area (Å²) in [5.41, 5.74) is 6.43. The van der Waals surface area contributed by atoms with Crippen molar-refractivity contribution in [1.82, 2.24) is 0 Å². The van der Waals surface area contributed by atoms with Gasteiger partial charge in [-0.2, -0.15) is 0 Å². The Hall–Kier alpha value is -0.0400. The van der Waals surface area contributed by atoms with Gasteiger partial charge in [0.1, 0.15) is 0 Å². The Balaban J connectivity index is 2.20. The molecule has 2 unspecified atom stereocenters. The average Bonchev–Trinajstić information content (AvgIpc) is 2.37. The first-order valence-corrected chi connectivity index (χ1v) is 8.42. The van der Waals surface area contributed by atoms with Crippen molar-refractivity contribution in [1.29, 1.82) is 0 Å². The Morgan fingerprint density at radius 2 is 1.72 bits per heavy atom. The predicted molar refractivity (Wildman–Crippen MR) is 81.6 cm³/mol. The molecule has 0 aromatic heterocycles. The lowest BCUT2D eigenvalue weighted by Crippen LogP contribution is -2.34. The number of hydrogen-bond acceptors (Lipinski definition) is 1. The first kappa shape index (κ1) is 16.0. The molecule has 1 aliphatic carbocycles. The second-order valence-electron chi connectivity index (χ2n) is 6.72. The van der Waals surface area contributed by atoms with Gasteiger partial charge in [0.2, 0.25) is 0 Å². The maximum absolute atomic E-state index is 6.43. The van der Waals surface area contributed by atoms with E-state index in [0.717, 1.165) is 17.8 Å². The lowest BCUT2D eigenvalue weighted by Gasteiger charge is -2.33. The number of unbranched alkanes of at least 4 members (excludes halogenated alkanes) is 1. The summed E-state index contributed by atoms with van der Waals surface area (Å²) in [7, 11) is 0. The van der Waals surface area contributed by atoms with Crippen molar-refractivity contribution >= 4 is 0 Å². The predicted octanol–water partition coefficient (Wildman–Crippen LogP) is 5.14. The molecule has 0 heterocycles. The quantitative estimate of drug-likeness (QED) is 0.637. The zero-order chi connectivity index (χ0) is 13.4. The molecule has 0 aromatic carbocycles. The van der Waals surface area contributed by atoms with E-state index in [1.165, 1.54) is 64.2 Å². The highest BCUT2D eigenvalue weighted by Gasteiger charge is 2.25. The normalized spacial score (nSPS) is 28.0. The summed E-state index contributed by atoms with van der Waals surface area (Å²) in [4.78, 5) is 0. The van der Waals surface area contributed by atoms with E-state index >= 15 is 0 Å². The Kier molecular flexibility index (Phi) is 7.97. The van der Waals surface area contributed by atoms with Gasteiger partial charge < -0.3 is 5.73 Å². The topological polar surface area (TPSA) is 26.0 Å². The van der Waals surface area contributed by atoms with E-state index in [4.69, 9.17) is 5.73 Å². The highest BCUT2D eigenvalue weighted by molar-refractivity contribution is 4.81. The standard InChI is InChI=1S/C17H35N/c1-4-6-8-15-9-11-16(12-10-15)17(18)13-14(3)7-5-2/h14-17H,4-13,18H2,1-3H3. The lowest BCUT2D eigenvalue weighted by atomic mass is 9.75. The van der Waals surface area contributed by atoms with Crippen molar-refractivity contribution in [3.8, 4) is 0 Å². The van der Waals surface area contributed by atoms with Crippen LogP contribution in [0.4, 0.5) is 0 Å². The third-order valence-electron chi connectivity index (χ3n) is 4.92. The highest BCUT2D eigenvalue weighted by atomic mass is 14.7. The molecule has 0 aromatic rings. The molecule has 1 nitrogen and oxygen atoms in total. The lowest BCUT2D eigenvalue weighted by molar-refractivity contribution is 0.215. The Labute approximate surface area is 115 Å². The summed E-state index contributed by atoms with van der Waals surface area (Å²) in [6.45, 7) is 6.95. The maximum atomic E-state index is 6.43. The van der Waals surface area contributed by atoms with Crippen molar-refractivity contribution < 1.29 is 0 Å². The van der Waals surface area contributed by atoms with Crippen LogP contribution in [-0.4, -0.2) is 6.04 Å². The second kappa shape index (κ2) is 8.96. The monoisotopic (exact) mass is 253 g/mol. The molecule has 0 radical (unpaired) electrons. The van der Waals surface area contributed by atoms with Crippen molar-refractivity contribution in [2.45, 2.75) is 91.0 Å². The van der Waals surface area contributed by atoms with Gasteiger partial charge >= 0.3 is 0 Å². The summed E-state index contributed by atoms with van der Waals surface area (Å²) in [5.74, 6) is 2.66. The minimum absolute atomic E-state index is 0.471. The van der Waals surface area contributed by atoms with Crippen LogP contribution in [0.1, 0.15) is 85.0 Å². The van der Waals surface area contributed by atoms with Crippen molar-refractivity contribution in [3.63, 3.8) is 0 Å². The Morgan fingerprint density at radius 1 is 1.06 bits per heavy atom. The molecule has 108 valence electrons. The van der Waals surface area contributed by atoms with Crippen LogP contribution in [0, 0.1) is 17.8 Å². The van der Waals surface area contributed by atoms with Gasteiger partial charge in [-0.1, -0.05) is 65.7 Å². The van der Waals surface area contributed by atoms with Crippen molar-refractivity contribution in [2.24, 2.45) is 23.5 Å². The first-order valence-electron chi connectivity index (χ1n) is 8.42. The third-order valence-corrected chi connectivity index (χ3v) is 4.92. The van der Waals surface area contributed by atoms with Crippen LogP contribution in [0.2, 0.25) is 0 Å². The van der Waals surface area contributed by atoms with Crippen LogP contribution in [0.5, 0.6) is 0 Å². The fourth-order valence-electron chi connectivity index (χ4n) is 3.67. The van der Waals surface area contributed by atoms with Gasteiger partial charge in [0, 0.05) is 6.04 Å². The second-order valence-corrected chi connectivity index (χ2v) is 6.72. The molecule has 2 N–H and O–H groups in total.